The molecular weight excluding hydrogens is 291 g/mol. The molecule has 84 valence electrons. The minimum atomic E-state index is -0.244. The zero-order valence-electron chi connectivity index (χ0n) is 8.63. The zero-order chi connectivity index (χ0) is 11.5. The predicted octanol–water partition coefficient (Wildman–Crippen LogP) is 3.97. The van der Waals surface area contributed by atoms with Gasteiger partial charge in [-0.25, -0.2) is 9.37 Å². The van der Waals surface area contributed by atoms with Crippen LogP contribution in [0.3, 0.4) is 0 Å². The first-order valence-corrected chi connectivity index (χ1v) is 6.36. The van der Waals surface area contributed by atoms with Gasteiger partial charge < -0.3 is 5.32 Å². The number of hydrogen-bond donors (Lipinski definition) is 1. The smallest absolute Gasteiger partial charge is 0.124 e. The maximum atomic E-state index is 12.8. The average Bonchev–Trinajstić information content (AvgIpc) is 2.63. The molecule has 0 fully saturated rings. The number of benzene rings is 1. The Kier molecular flexibility index (Phi) is 3.56. The minimum absolute atomic E-state index is 0.244. The van der Waals surface area contributed by atoms with Crippen LogP contribution in [-0.4, -0.2) is 4.98 Å². The number of aromatic nitrogens is 1. The van der Waals surface area contributed by atoms with E-state index in [1.54, 1.807) is 17.4 Å². The first-order valence-electron chi connectivity index (χ1n) is 4.75. The lowest BCUT2D eigenvalue weighted by atomic mass is 10.3. The SMILES string of the molecule is Cc1ncc(CNc2ccc(F)cc2Br)s1. The summed E-state index contributed by atoms with van der Waals surface area (Å²) in [6.07, 6.45) is 1.85. The molecule has 1 heterocycles. The van der Waals surface area contributed by atoms with Crippen molar-refractivity contribution in [2.75, 3.05) is 5.32 Å². The summed E-state index contributed by atoms with van der Waals surface area (Å²) in [5, 5.41) is 4.28. The molecule has 0 spiro atoms. The van der Waals surface area contributed by atoms with Crippen LogP contribution in [0.5, 0.6) is 0 Å². The normalized spacial score (nSPS) is 10.4. The third kappa shape index (κ3) is 2.80. The van der Waals surface area contributed by atoms with E-state index in [0.29, 0.717) is 6.54 Å². The Bertz CT molecular complexity index is 498. The van der Waals surface area contributed by atoms with E-state index < -0.39 is 0 Å². The molecule has 5 heteroatoms. The summed E-state index contributed by atoms with van der Waals surface area (Å²) in [4.78, 5) is 5.33. The Morgan fingerprint density at radius 3 is 2.94 bits per heavy atom. The Labute approximate surface area is 106 Å². The summed E-state index contributed by atoms with van der Waals surface area (Å²) >= 11 is 4.96. The van der Waals surface area contributed by atoms with Gasteiger partial charge in [0.2, 0.25) is 0 Å². The standard InChI is InChI=1S/C11H10BrFN2S/c1-7-14-5-9(16-7)6-15-11-3-2-8(13)4-10(11)12/h2-5,15H,6H2,1H3. The number of anilines is 1. The number of thiazole rings is 1. The number of halogens is 2. The molecule has 0 radical (unpaired) electrons. The quantitative estimate of drug-likeness (QED) is 0.928. The fourth-order valence-electron chi connectivity index (χ4n) is 1.30. The number of nitrogens with one attached hydrogen (secondary N) is 1. The first-order chi connectivity index (χ1) is 7.65. The molecule has 0 aliphatic heterocycles. The molecule has 2 aromatic rings. The molecular formula is C11H10BrFN2S. The molecule has 0 saturated carbocycles. The van der Waals surface area contributed by atoms with Gasteiger partial charge in [-0.2, -0.15) is 0 Å². The lowest BCUT2D eigenvalue weighted by molar-refractivity contribution is 0.627. The van der Waals surface area contributed by atoms with Crippen molar-refractivity contribution in [1.82, 2.24) is 4.98 Å². The summed E-state index contributed by atoms with van der Waals surface area (Å²) in [7, 11) is 0. The molecule has 0 aliphatic carbocycles. The van der Waals surface area contributed by atoms with Crippen molar-refractivity contribution in [2.45, 2.75) is 13.5 Å². The molecule has 0 saturated heterocycles. The summed E-state index contributed by atoms with van der Waals surface area (Å²) < 4.78 is 13.6. The third-order valence-corrected chi connectivity index (χ3v) is 3.62. The topological polar surface area (TPSA) is 24.9 Å². The summed E-state index contributed by atoms with van der Waals surface area (Å²) in [6.45, 7) is 2.68. The Hall–Kier alpha value is -0.940. The van der Waals surface area contributed by atoms with Crippen molar-refractivity contribution in [1.29, 1.82) is 0 Å². The first kappa shape index (κ1) is 11.5. The molecule has 1 aromatic carbocycles. The van der Waals surface area contributed by atoms with Crippen LogP contribution in [0.4, 0.5) is 10.1 Å². The van der Waals surface area contributed by atoms with Crippen LogP contribution >= 0.6 is 27.3 Å². The van der Waals surface area contributed by atoms with Gasteiger partial charge >= 0.3 is 0 Å². The van der Waals surface area contributed by atoms with Crippen LogP contribution < -0.4 is 5.32 Å². The van der Waals surface area contributed by atoms with Gasteiger partial charge in [0.1, 0.15) is 5.82 Å². The number of rotatable bonds is 3. The summed E-state index contributed by atoms with van der Waals surface area (Å²) in [6, 6.07) is 4.60. The zero-order valence-corrected chi connectivity index (χ0v) is 11.0. The number of nitrogens with zero attached hydrogens (tertiary/aromatic N) is 1. The molecule has 2 nitrogen and oxygen atoms in total. The van der Waals surface area contributed by atoms with Gasteiger partial charge in [-0.3, -0.25) is 0 Å². The molecule has 1 aromatic heterocycles. The lowest BCUT2D eigenvalue weighted by Crippen LogP contribution is -1.98. The van der Waals surface area contributed by atoms with Crippen molar-refractivity contribution in [3.63, 3.8) is 0 Å². The van der Waals surface area contributed by atoms with Gasteiger partial charge in [0.25, 0.3) is 0 Å². The Morgan fingerprint density at radius 1 is 1.50 bits per heavy atom. The Balaban J connectivity index is 2.04. The third-order valence-electron chi connectivity index (χ3n) is 2.05. The van der Waals surface area contributed by atoms with Gasteiger partial charge in [-0.15, -0.1) is 11.3 Å². The van der Waals surface area contributed by atoms with Crippen molar-refractivity contribution in [2.24, 2.45) is 0 Å². The Morgan fingerprint density at radius 2 is 2.31 bits per heavy atom. The molecule has 1 N–H and O–H groups in total. The van der Waals surface area contributed by atoms with E-state index in [0.717, 1.165) is 20.0 Å². The maximum absolute atomic E-state index is 12.8. The second kappa shape index (κ2) is 4.93. The van der Waals surface area contributed by atoms with Crippen LogP contribution in [0.1, 0.15) is 9.88 Å². The molecule has 16 heavy (non-hydrogen) atoms. The van der Waals surface area contributed by atoms with Crippen LogP contribution in [0.25, 0.3) is 0 Å². The van der Waals surface area contributed by atoms with Crippen LogP contribution in [0.2, 0.25) is 0 Å². The summed E-state index contributed by atoms with van der Waals surface area (Å²) in [5.41, 5.74) is 0.882. The van der Waals surface area contributed by atoms with E-state index in [9.17, 15) is 4.39 Å². The van der Waals surface area contributed by atoms with Crippen LogP contribution in [0, 0.1) is 12.7 Å². The highest BCUT2D eigenvalue weighted by Gasteiger charge is 2.02. The van der Waals surface area contributed by atoms with E-state index in [1.165, 1.54) is 12.1 Å². The van der Waals surface area contributed by atoms with Gasteiger partial charge in [0.05, 0.1) is 11.6 Å². The molecule has 2 rings (SSSR count). The fraction of sp³-hybridized carbons (Fsp3) is 0.182. The number of aryl methyl sites for hydroxylation is 1. The van der Waals surface area contributed by atoms with Gasteiger partial charge in [0.15, 0.2) is 0 Å². The van der Waals surface area contributed by atoms with Crippen molar-refractivity contribution in [3.05, 3.63) is 44.6 Å². The van der Waals surface area contributed by atoms with Gasteiger partial charge in [0, 0.05) is 21.2 Å². The van der Waals surface area contributed by atoms with Crippen LogP contribution in [0.15, 0.2) is 28.9 Å². The molecule has 0 bridgehead atoms. The van der Waals surface area contributed by atoms with E-state index in [1.807, 2.05) is 13.1 Å². The van der Waals surface area contributed by atoms with E-state index in [-0.39, 0.29) is 5.82 Å². The second-order valence-corrected chi connectivity index (χ2v) is 5.50. The lowest BCUT2D eigenvalue weighted by Gasteiger charge is -2.06. The van der Waals surface area contributed by atoms with Crippen molar-refractivity contribution in [3.8, 4) is 0 Å². The number of hydrogen-bond acceptors (Lipinski definition) is 3. The van der Waals surface area contributed by atoms with Gasteiger partial charge in [-0.05, 0) is 41.1 Å². The summed E-state index contributed by atoms with van der Waals surface area (Å²) in [5.74, 6) is -0.244. The van der Waals surface area contributed by atoms with E-state index in [4.69, 9.17) is 0 Å². The molecule has 0 unspecified atom stereocenters. The average molecular weight is 301 g/mol. The van der Waals surface area contributed by atoms with Crippen molar-refractivity contribution >= 4 is 33.0 Å². The highest BCUT2D eigenvalue weighted by Crippen LogP contribution is 2.24. The molecule has 0 atom stereocenters. The van der Waals surface area contributed by atoms with E-state index >= 15 is 0 Å². The molecule has 0 amide bonds. The van der Waals surface area contributed by atoms with E-state index in [2.05, 4.69) is 26.2 Å². The highest BCUT2D eigenvalue weighted by molar-refractivity contribution is 9.10. The minimum Gasteiger partial charge on any atom is -0.379 e. The van der Waals surface area contributed by atoms with Crippen LogP contribution in [-0.2, 0) is 6.54 Å². The maximum Gasteiger partial charge on any atom is 0.124 e. The van der Waals surface area contributed by atoms with Gasteiger partial charge in [-0.1, -0.05) is 0 Å². The highest BCUT2D eigenvalue weighted by atomic mass is 79.9. The fourth-order valence-corrected chi connectivity index (χ4v) is 2.53. The predicted molar refractivity (Wildman–Crippen MR) is 68.3 cm³/mol. The van der Waals surface area contributed by atoms with Crippen molar-refractivity contribution < 1.29 is 4.39 Å². The molecule has 0 aliphatic rings. The largest absolute Gasteiger partial charge is 0.379 e. The second-order valence-electron chi connectivity index (χ2n) is 3.32. The monoisotopic (exact) mass is 300 g/mol.